The van der Waals surface area contributed by atoms with Gasteiger partial charge in [0, 0.05) is 34.3 Å². The molecule has 0 aromatic heterocycles. The van der Waals surface area contributed by atoms with Crippen molar-refractivity contribution in [2.24, 2.45) is 0 Å². The molecule has 0 aromatic carbocycles. The van der Waals surface area contributed by atoms with E-state index in [1.807, 2.05) is 0 Å². The van der Waals surface area contributed by atoms with Crippen molar-refractivity contribution >= 4 is 23.8 Å². The fourth-order valence-electron chi connectivity index (χ4n) is 5.28. The fourth-order valence-corrected chi connectivity index (χ4v) is 5.28. The van der Waals surface area contributed by atoms with Gasteiger partial charge in [0.2, 0.25) is 5.91 Å². The summed E-state index contributed by atoms with van der Waals surface area (Å²) in [4.78, 5) is 47.2. The van der Waals surface area contributed by atoms with Crippen LogP contribution in [0.25, 0.3) is 0 Å². The van der Waals surface area contributed by atoms with Gasteiger partial charge < -0.3 is 29.0 Å². The zero-order chi connectivity index (χ0) is 31.2. The molecule has 1 fully saturated rings. The Balaban J connectivity index is 2.46. The lowest BCUT2D eigenvalue weighted by Crippen LogP contribution is -2.66. The monoisotopic (exact) mass is 599 g/mol. The average molecular weight is 600 g/mol. The van der Waals surface area contributed by atoms with E-state index in [2.05, 4.69) is 12.2 Å². The molecule has 0 bridgehead atoms. The van der Waals surface area contributed by atoms with Gasteiger partial charge >= 0.3 is 17.9 Å². The van der Waals surface area contributed by atoms with Crippen molar-refractivity contribution in [3.05, 3.63) is 0 Å². The number of hydrogen-bond donors (Lipinski definition) is 1. The van der Waals surface area contributed by atoms with Crippen LogP contribution in [0.15, 0.2) is 0 Å². The summed E-state index contributed by atoms with van der Waals surface area (Å²) in [5.74, 6) is -2.20. The van der Waals surface area contributed by atoms with E-state index in [4.69, 9.17) is 23.7 Å². The van der Waals surface area contributed by atoms with Crippen LogP contribution in [0.1, 0.15) is 137 Å². The van der Waals surface area contributed by atoms with E-state index in [1.54, 1.807) is 0 Å². The highest BCUT2D eigenvalue weighted by Gasteiger charge is 2.51. The Morgan fingerprint density at radius 1 is 0.619 bits per heavy atom. The van der Waals surface area contributed by atoms with Crippen molar-refractivity contribution in [2.75, 3.05) is 13.2 Å². The lowest BCUT2D eigenvalue weighted by atomic mass is 9.96. The molecular weight excluding hydrogens is 542 g/mol. The molecular formula is C32H57NO9. The van der Waals surface area contributed by atoms with Gasteiger partial charge in [0.25, 0.3) is 0 Å². The number of hydrogen-bond acceptors (Lipinski definition) is 9. The SMILES string of the molecule is CCCCCCCCCCCCCCCCCCO[C@@H]1O[C@H](COC(C)=O)[C@@H](OC(C)=O)[C@H](OC(C)=O)[C@H]1NC(C)=O. The van der Waals surface area contributed by atoms with E-state index in [9.17, 15) is 19.2 Å². The van der Waals surface area contributed by atoms with Crippen LogP contribution in [0.3, 0.4) is 0 Å². The first-order chi connectivity index (χ1) is 20.1. The Hall–Kier alpha value is -2.20. The Morgan fingerprint density at radius 2 is 1.07 bits per heavy atom. The molecule has 1 heterocycles. The summed E-state index contributed by atoms with van der Waals surface area (Å²) in [5.41, 5.74) is 0. The molecule has 0 aromatic rings. The predicted molar refractivity (Wildman–Crippen MR) is 160 cm³/mol. The Labute approximate surface area is 253 Å². The summed E-state index contributed by atoms with van der Waals surface area (Å²) < 4.78 is 28.0. The third-order valence-electron chi connectivity index (χ3n) is 7.35. The number of nitrogens with one attached hydrogen (secondary N) is 1. The minimum absolute atomic E-state index is 0.239. The quantitative estimate of drug-likeness (QED) is 0.0865. The van der Waals surface area contributed by atoms with Gasteiger partial charge in [0.05, 0.1) is 0 Å². The number of carbonyl (C=O) groups is 4. The molecule has 244 valence electrons. The molecule has 10 nitrogen and oxygen atoms in total. The fraction of sp³-hybridized carbons (Fsp3) is 0.875. The molecule has 42 heavy (non-hydrogen) atoms. The maximum atomic E-state index is 12.0. The van der Waals surface area contributed by atoms with Crippen LogP contribution < -0.4 is 5.32 Å². The number of ether oxygens (including phenoxy) is 5. The van der Waals surface area contributed by atoms with Gasteiger partial charge in [0.1, 0.15) is 18.8 Å². The number of amides is 1. The van der Waals surface area contributed by atoms with Crippen LogP contribution in [0.4, 0.5) is 0 Å². The molecule has 1 saturated heterocycles. The van der Waals surface area contributed by atoms with Gasteiger partial charge in [0.15, 0.2) is 18.5 Å². The normalized spacial score (nSPS) is 21.9. The number of carbonyl (C=O) groups excluding carboxylic acids is 4. The minimum Gasteiger partial charge on any atom is -0.463 e. The number of rotatable bonds is 23. The van der Waals surface area contributed by atoms with Crippen LogP contribution in [-0.2, 0) is 42.9 Å². The summed E-state index contributed by atoms with van der Waals surface area (Å²) in [5, 5.41) is 2.72. The zero-order valence-corrected chi connectivity index (χ0v) is 26.8. The van der Waals surface area contributed by atoms with Crippen molar-refractivity contribution < 1.29 is 42.9 Å². The van der Waals surface area contributed by atoms with E-state index < -0.39 is 54.5 Å². The molecule has 1 aliphatic rings. The number of esters is 3. The van der Waals surface area contributed by atoms with E-state index in [0.717, 1.165) is 19.3 Å². The largest absolute Gasteiger partial charge is 0.463 e. The lowest BCUT2D eigenvalue weighted by Gasteiger charge is -2.44. The van der Waals surface area contributed by atoms with Crippen molar-refractivity contribution in [3.63, 3.8) is 0 Å². The second-order valence-electron chi connectivity index (χ2n) is 11.4. The second kappa shape index (κ2) is 23.3. The number of unbranched alkanes of at least 4 members (excludes halogenated alkanes) is 15. The third-order valence-corrected chi connectivity index (χ3v) is 7.35. The summed E-state index contributed by atoms with van der Waals surface area (Å²) >= 11 is 0. The Bertz CT molecular complexity index is 775. The molecule has 0 saturated carbocycles. The van der Waals surface area contributed by atoms with Crippen LogP contribution in [-0.4, -0.2) is 67.7 Å². The first-order valence-corrected chi connectivity index (χ1v) is 16.2. The smallest absolute Gasteiger partial charge is 0.303 e. The standard InChI is InChI=1S/C32H57NO9/c1-6-7-8-9-10-11-12-13-14-15-16-17-18-19-20-21-22-38-32-29(33-24(2)34)31(41-27(5)37)30(40-26(4)36)28(42-32)23-39-25(3)35/h28-32H,6-23H2,1-5H3,(H,33,34)/t28-,29-,30-,31-,32-/m1/s1. The Kier molecular flexibility index (Phi) is 21.0. The molecule has 0 unspecified atom stereocenters. The highest BCUT2D eigenvalue weighted by atomic mass is 16.7. The van der Waals surface area contributed by atoms with Gasteiger partial charge in [-0.2, -0.15) is 0 Å². The van der Waals surface area contributed by atoms with Gasteiger partial charge in [-0.15, -0.1) is 0 Å². The van der Waals surface area contributed by atoms with Gasteiger partial charge in [-0.1, -0.05) is 103 Å². The second-order valence-corrected chi connectivity index (χ2v) is 11.4. The molecule has 5 atom stereocenters. The molecule has 0 aliphatic carbocycles. The van der Waals surface area contributed by atoms with Crippen molar-refractivity contribution in [2.45, 2.75) is 168 Å². The summed E-state index contributed by atoms with van der Waals surface area (Å²) in [6, 6.07) is -0.926. The van der Waals surface area contributed by atoms with Gasteiger partial charge in [-0.25, -0.2) is 0 Å². The van der Waals surface area contributed by atoms with E-state index >= 15 is 0 Å². The summed E-state index contributed by atoms with van der Waals surface area (Å²) in [6.45, 7) is 7.39. The van der Waals surface area contributed by atoms with Crippen LogP contribution in [0.2, 0.25) is 0 Å². The average Bonchev–Trinajstić information content (AvgIpc) is 2.91. The summed E-state index contributed by atoms with van der Waals surface area (Å²) in [7, 11) is 0. The van der Waals surface area contributed by atoms with Crippen LogP contribution >= 0.6 is 0 Å². The lowest BCUT2D eigenvalue weighted by molar-refractivity contribution is -0.277. The maximum absolute atomic E-state index is 12.0. The predicted octanol–water partition coefficient (Wildman–Crippen LogP) is 5.92. The molecule has 1 rings (SSSR count). The van der Waals surface area contributed by atoms with Gasteiger partial charge in [-0.3, -0.25) is 19.2 Å². The molecule has 10 heteroatoms. The van der Waals surface area contributed by atoms with Crippen LogP contribution in [0, 0.1) is 0 Å². The zero-order valence-electron chi connectivity index (χ0n) is 26.8. The Morgan fingerprint density at radius 3 is 1.50 bits per heavy atom. The van der Waals surface area contributed by atoms with Crippen molar-refractivity contribution in [3.8, 4) is 0 Å². The first kappa shape index (κ1) is 37.8. The van der Waals surface area contributed by atoms with Crippen LogP contribution in [0.5, 0.6) is 0 Å². The third kappa shape index (κ3) is 17.7. The molecule has 1 aliphatic heterocycles. The highest BCUT2D eigenvalue weighted by molar-refractivity contribution is 5.73. The topological polar surface area (TPSA) is 126 Å². The highest BCUT2D eigenvalue weighted by Crippen LogP contribution is 2.28. The first-order valence-electron chi connectivity index (χ1n) is 16.2. The van der Waals surface area contributed by atoms with E-state index in [0.29, 0.717) is 6.61 Å². The molecule has 1 amide bonds. The van der Waals surface area contributed by atoms with E-state index in [1.165, 1.54) is 111 Å². The maximum Gasteiger partial charge on any atom is 0.303 e. The van der Waals surface area contributed by atoms with Crippen molar-refractivity contribution in [1.82, 2.24) is 5.32 Å². The van der Waals surface area contributed by atoms with Crippen molar-refractivity contribution in [1.29, 1.82) is 0 Å². The van der Waals surface area contributed by atoms with E-state index in [-0.39, 0.29) is 6.61 Å². The minimum atomic E-state index is -1.11. The molecule has 0 radical (unpaired) electrons. The molecule has 0 spiro atoms. The molecule has 1 N–H and O–H groups in total. The summed E-state index contributed by atoms with van der Waals surface area (Å²) in [6.07, 6.45) is 16.1. The van der Waals surface area contributed by atoms with Gasteiger partial charge in [-0.05, 0) is 6.42 Å².